The molecular weight excluding hydrogens is 351 g/mol. The molecule has 22 heavy (non-hydrogen) atoms. The number of sulfone groups is 1. The number of nitrogen functional groups attached to an aromatic ring is 1. The van der Waals surface area contributed by atoms with Crippen molar-refractivity contribution in [1.82, 2.24) is 24.6 Å². The van der Waals surface area contributed by atoms with Crippen LogP contribution in [0.3, 0.4) is 0 Å². The van der Waals surface area contributed by atoms with Crippen molar-refractivity contribution in [2.24, 2.45) is 0 Å². The van der Waals surface area contributed by atoms with Crippen molar-refractivity contribution in [3.63, 3.8) is 0 Å². The Morgan fingerprint density at radius 1 is 1.14 bits per heavy atom. The molecule has 1 aromatic carbocycles. The third-order valence-corrected chi connectivity index (χ3v) is 4.31. The zero-order chi connectivity index (χ0) is 16.1. The summed E-state index contributed by atoms with van der Waals surface area (Å²) in [5.41, 5.74) is 6.28. The molecule has 0 spiro atoms. The summed E-state index contributed by atoms with van der Waals surface area (Å²) < 4.78 is 24.2. The number of rotatable bonds is 2. The lowest BCUT2D eigenvalue weighted by Crippen LogP contribution is -2.11. The predicted octanol–water partition coefficient (Wildman–Crippen LogP) is 1.48. The summed E-state index contributed by atoms with van der Waals surface area (Å²) in [6.07, 6.45) is 0.981. The van der Waals surface area contributed by atoms with Crippen LogP contribution >= 0.6 is 23.2 Å². The van der Waals surface area contributed by atoms with Gasteiger partial charge in [-0.1, -0.05) is 23.2 Å². The molecule has 0 atom stereocenters. The van der Waals surface area contributed by atoms with E-state index in [1.165, 1.54) is 0 Å². The summed E-state index contributed by atoms with van der Waals surface area (Å²) in [6.45, 7) is 0. The Balaban J connectivity index is 2.21. The van der Waals surface area contributed by atoms with Gasteiger partial charge in [0.2, 0.25) is 15.8 Å². The molecule has 2 aromatic heterocycles. The van der Waals surface area contributed by atoms with Crippen molar-refractivity contribution in [1.29, 1.82) is 0 Å². The van der Waals surface area contributed by atoms with E-state index in [1.54, 1.807) is 18.2 Å². The molecule has 0 saturated heterocycles. The molecule has 11 heteroatoms. The second-order valence-electron chi connectivity index (χ2n) is 4.41. The molecule has 0 radical (unpaired) electrons. The minimum atomic E-state index is -3.61. The lowest BCUT2D eigenvalue weighted by Gasteiger charge is -1.99. The highest BCUT2D eigenvalue weighted by Gasteiger charge is 2.18. The summed E-state index contributed by atoms with van der Waals surface area (Å²) in [5.74, 6) is 0.156. The van der Waals surface area contributed by atoms with Gasteiger partial charge in [-0.15, -0.1) is 5.10 Å². The fraction of sp³-hybridized carbons (Fsp3) is 0.0909. The fourth-order valence-electron chi connectivity index (χ4n) is 1.71. The van der Waals surface area contributed by atoms with E-state index in [4.69, 9.17) is 28.9 Å². The topological polar surface area (TPSA) is 116 Å². The third-order valence-electron chi connectivity index (χ3n) is 2.72. The first-order valence-electron chi connectivity index (χ1n) is 5.81. The number of halogens is 2. The van der Waals surface area contributed by atoms with E-state index >= 15 is 0 Å². The normalized spacial score (nSPS) is 12.0. The predicted molar refractivity (Wildman–Crippen MR) is 81.6 cm³/mol. The van der Waals surface area contributed by atoms with Crippen LogP contribution in [0.1, 0.15) is 0 Å². The van der Waals surface area contributed by atoms with Crippen molar-refractivity contribution in [2.75, 3.05) is 12.0 Å². The average molecular weight is 359 g/mol. The van der Waals surface area contributed by atoms with Crippen molar-refractivity contribution in [2.45, 2.75) is 5.16 Å². The minimum Gasteiger partial charge on any atom is -0.368 e. The van der Waals surface area contributed by atoms with Gasteiger partial charge in [-0.25, -0.2) is 8.42 Å². The molecule has 0 unspecified atom stereocenters. The average Bonchev–Trinajstić information content (AvgIpc) is 2.85. The van der Waals surface area contributed by atoms with Gasteiger partial charge in [0.1, 0.15) is 0 Å². The molecule has 0 saturated carbocycles. The number of benzene rings is 1. The van der Waals surface area contributed by atoms with Gasteiger partial charge in [0.15, 0.2) is 5.82 Å². The van der Waals surface area contributed by atoms with Crippen LogP contribution in [0.4, 0.5) is 5.95 Å². The second-order valence-corrected chi connectivity index (χ2v) is 7.14. The van der Waals surface area contributed by atoms with Crippen LogP contribution in [0, 0.1) is 0 Å². The van der Waals surface area contributed by atoms with Crippen LogP contribution in [0.5, 0.6) is 0 Å². The summed E-state index contributed by atoms with van der Waals surface area (Å²) in [4.78, 5) is 11.7. The van der Waals surface area contributed by atoms with Gasteiger partial charge >= 0.3 is 0 Å². The Hall–Kier alpha value is -1.97. The maximum Gasteiger partial charge on any atom is 0.258 e. The number of hydrogen-bond acceptors (Lipinski definition) is 7. The molecule has 0 bridgehead atoms. The van der Waals surface area contributed by atoms with Gasteiger partial charge in [0, 0.05) is 11.8 Å². The van der Waals surface area contributed by atoms with Gasteiger partial charge < -0.3 is 5.73 Å². The van der Waals surface area contributed by atoms with Crippen LogP contribution in [-0.2, 0) is 9.84 Å². The highest BCUT2D eigenvalue weighted by molar-refractivity contribution is 7.90. The molecule has 2 heterocycles. The largest absolute Gasteiger partial charge is 0.368 e. The van der Waals surface area contributed by atoms with E-state index in [9.17, 15) is 8.42 Å². The highest BCUT2D eigenvalue weighted by Crippen LogP contribution is 2.27. The van der Waals surface area contributed by atoms with Crippen LogP contribution in [0.25, 0.3) is 17.2 Å². The van der Waals surface area contributed by atoms with Crippen molar-refractivity contribution in [3.8, 4) is 11.4 Å². The van der Waals surface area contributed by atoms with Crippen molar-refractivity contribution >= 4 is 44.8 Å². The van der Waals surface area contributed by atoms with Crippen molar-refractivity contribution < 1.29 is 8.42 Å². The summed E-state index contributed by atoms with van der Waals surface area (Å²) in [7, 11) is -3.61. The highest BCUT2D eigenvalue weighted by atomic mass is 35.5. The molecule has 0 aliphatic carbocycles. The first-order chi connectivity index (χ1) is 10.3. The molecule has 2 N–H and O–H groups in total. The molecular formula is C11H8Cl2N6O2S. The minimum absolute atomic E-state index is 0.0222. The van der Waals surface area contributed by atoms with Gasteiger partial charge in [0.25, 0.3) is 10.9 Å². The Kier molecular flexibility index (Phi) is 3.42. The zero-order valence-electron chi connectivity index (χ0n) is 11.0. The lowest BCUT2D eigenvalue weighted by atomic mass is 10.2. The van der Waals surface area contributed by atoms with Gasteiger partial charge in [-0.2, -0.15) is 19.5 Å². The zero-order valence-corrected chi connectivity index (χ0v) is 13.4. The Morgan fingerprint density at radius 2 is 1.86 bits per heavy atom. The van der Waals surface area contributed by atoms with E-state index < -0.39 is 15.0 Å². The van der Waals surface area contributed by atoms with Gasteiger partial charge in [-0.3, -0.25) is 0 Å². The van der Waals surface area contributed by atoms with E-state index in [1.807, 2.05) is 0 Å². The quantitative estimate of drug-likeness (QED) is 0.737. The van der Waals surface area contributed by atoms with Crippen LogP contribution < -0.4 is 5.73 Å². The number of nitrogens with two attached hydrogens (primary N) is 1. The number of anilines is 1. The smallest absolute Gasteiger partial charge is 0.258 e. The molecule has 0 fully saturated rings. The molecule has 114 valence electrons. The Labute approximate surface area is 134 Å². The standard InChI is InChI=1S/C11H8Cl2N6O2S/c1-22(20,21)11-16-9(14)19-10(17-11)15-8(18-19)5-2-3-6(12)7(13)4-5/h2-4H,1H3,(H2,14,15,16,17,18). The molecule has 3 rings (SSSR count). The van der Waals surface area contributed by atoms with Gasteiger partial charge in [0.05, 0.1) is 10.0 Å². The Bertz CT molecular complexity index is 1000. The number of aromatic nitrogens is 5. The first-order valence-corrected chi connectivity index (χ1v) is 8.46. The van der Waals surface area contributed by atoms with Crippen LogP contribution in [-0.4, -0.2) is 39.2 Å². The first kappa shape index (κ1) is 14.9. The molecule has 0 aliphatic heterocycles. The maximum absolute atomic E-state index is 11.5. The lowest BCUT2D eigenvalue weighted by molar-refractivity contribution is 0.592. The molecule has 3 aromatic rings. The van der Waals surface area contributed by atoms with Crippen LogP contribution in [0.2, 0.25) is 10.0 Å². The number of nitrogens with zero attached hydrogens (tertiary/aromatic N) is 5. The van der Waals surface area contributed by atoms with Crippen LogP contribution in [0.15, 0.2) is 23.4 Å². The van der Waals surface area contributed by atoms with Crippen molar-refractivity contribution in [3.05, 3.63) is 28.2 Å². The Morgan fingerprint density at radius 3 is 2.50 bits per heavy atom. The van der Waals surface area contributed by atoms with E-state index in [-0.39, 0.29) is 17.6 Å². The molecule has 0 aliphatic rings. The number of hydrogen-bond donors (Lipinski definition) is 1. The van der Waals surface area contributed by atoms with E-state index in [0.29, 0.717) is 15.6 Å². The fourth-order valence-corrected chi connectivity index (χ4v) is 2.51. The SMILES string of the molecule is CS(=O)(=O)c1nc(N)n2nc(-c3ccc(Cl)c(Cl)c3)nc2n1. The maximum atomic E-state index is 11.5. The summed E-state index contributed by atoms with van der Waals surface area (Å²) >= 11 is 11.8. The van der Waals surface area contributed by atoms with Gasteiger partial charge in [-0.05, 0) is 18.2 Å². The molecule has 8 nitrogen and oxygen atoms in total. The summed E-state index contributed by atoms with van der Waals surface area (Å²) in [5, 5.41) is 4.46. The summed E-state index contributed by atoms with van der Waals surface area (Å²) in [6, 6.07) is 4.85. The third kappa shape index (κ3) is 2.58. The van der Waals surface area contributed by atoms with E-state index in [0.717, 1.165) is 10.8 Å². The second kappa shape index (κ2) is 5.04. The van der Waals surface area contributed by atoms with E-state index in [2.05, 4.69) is 20.1 Å². The molecule has 0 amide bonds. The number of fused-ring (bicyclic) bond motifs is 1. The monoisotopic (exact) mass is 358 g/mol.